The minimum Gasteiger partial charge on any atom is -0.340 e. The van der Waals surface area contributed by atoms with Crippen LogP contribution in [0.1, 0.15) is 11.1 Å². The van der Waals surface area contributed by atoms with Crippen LogP contribution in [0, 0.1) is 22.7 Å². The molecular formula is C13H7ClN4. The number of anilines is 2. The van der Waals surface area contributed by atoms with Crippen molar-refractivity contribution < 1.29 is 0 Å². The second kappa shape index (κ2) is 5.18. The number of nitrogens with zero attached hydrogens (tertiary/aromatic N) is 3. The Morgan fingerprint density at radius 1 is 1.00 bits per heavy atom. The number of rotatable bonds is 2. The van der Waals surface area contributed by atoms with E-state index in [2.05, 4.69) is 10.3 Å². The Bertz CT molecular complexity index is 650. The fourth-order valence-corrected chi connectivity index (χ4v) is 1.61. The average Bonchev–Trinajstić information content (AvgIpc) is 2.39. The van der Waals surface area contributed by atoms with E-state index in [-0.39, 0.29) is 5.15 Å². The van der Waals surface area contributed by atoms with E-state index < -0.39 is 0 Å². The molecule has 0 saturated carbocycles. The van der Waals surface area contributed by atoms with Crippen LogP contribution in [0.2, 0.25) is 5.15 Å². The van der Waals surface area contributed by atoms with Crippen molar-refractivity contribution in [2.24, 2.45) is 0 Å². The number of nitrogens with one attached hydrogen (secondary N) is 1. The van der Waals surface area contributed by atoms with Gasteiger partial charge in [-0.15, -0.1) is 0 Å². The molecule has 1 aromatic carbocycles. The lowest BCUT2D eigenvalue weighted by atomic mass is 10.2. The van der Waals surface area contributed by atoms with Gasteiger partial charge >= 0.3 is 0 Å². The molecule has 5 heteroatoms. The zero-order valence-corrected chi connectivity index (χ0v) is 9.94. The smallest absolute Gasteiger partial charge is 0.133 e. The largest absolute Gasteiger partial charge is 0.340 e. The minimum absolute atomic E-state index is 0.255. The van der Waals surface area contributed by atoms with Crippen molar-refractivity contribution in [1.29, 1.82) is 10.5 Å². The van der Waals surface area contributed by atoms with Crippen LogP contribution in [0.25, 0.3) is 0 Å². The van der Waals surface area contributed by atoms with Crippen molar-refractivity contribution in [2.75, 3.05) is 5.32 Å². The van der Waals surface area contributed by atoms with E-state index >= 15 is 0 Å². The molecule has 1 aromatic heterocycles. The third kappa shape index (κ3) is 2.76. The van der Waals surface area contributed by atoms with E-state index in [4.69, 9.17) is 22.1 Å². The predicted molar refractivity (Wildman–Crippen MR) is 68.4 cm³/mol. The van der Waals surface area contributed by atoms with Gasteiger partial charge < -0.3 is 5.32 Å². The molecule has 0 aliphatic carbocycles. The fraction of sp³-hybridized carbons (Fsp3) is 0. The molecule has 0 saturated heterocycles. The van der Waals surface area contributed by atoms with Gasteiger partial charge in [0, 0.05) is 5.69 Å². The van der Waals surface area contributed by atoms with Crippen molar-refractivity contribution in [3.05, 3.63) is 52.7 Å². The number of nitriles is 2. The molecule has 1 N–H and O–H groups in total. The van der Waals surface area contributed by atoms with Gasteiger partial charge in [-0.25, -0.2) is 4.98 Å². The van der Waals surface area contributed by atoms with E-state index in [1.807, 2.05) is 12.1 Å². The van der Waals surface area contributed by atoms with Crippen molar-refractivity contribution in [3.8, 4) is 12.1 Å². The molecule has 2 aromatic rings. The lowest BCUT2D eigenvalue weighted by Gasteiger charge is -2.06. The summed E-state index contributed by atoms with van der Waals surface area (Å²) in [7, 11) is 0. The molecule has 0 spiro atoms. The highest BCUT2D eigenvalue weighted by atomic mass is 35.5. The van der Waals surface area contributed by atoms with Gasteiger partial charge in [-0.05, 0) is 36.4 Å². The van der Waals surface area contributed by atoms with Crippen LogP contribution in [0.3, 0.4) is 0 Å². The summed E-state index contributed by atoms with van der Waals surface area (Å²) in [6.07, 6.45) is 0. The second-order valence-corrected chi connectivity index (χ2v) is 3.88. The molecule has 2 rings (SSSR count). The Kier molecular flexibility index (Phi) is 3.43. The number of hydrogen-bond donors (Lipinski definition) is 1. The summed E-state index contributed by atoms with van der Waals surface area (Å²) in [5, 5.41) is 20.8. The Morgan fingerprint density at radius 3 is 2.28 bits per heavy atom. The highest BCUT2D eigenvalue weighted by Crippen LogP contribution is 2.19. The molecule has 0 atom stereocenters. The summed E-state index contributed by atoms with van der Waals surface area (Å²) in [6, 6.07) is 14.0. The maximum Gasteiger partial charge on any atom is 0.133 e. The predicted octanol–water partition coefficient (Wildman–Crippen LogP) is 3.22. The molecule has 0 aliphatic heterocycles. The Balaban J connectivity index is 2.26. The molecule has 0 fully saturated rings. The molecule has 0 unspecified atom stereocenters. The minimum atomic E-state index is 0.255. The first kappa shape index (κ1) is 11.9. The van der Waals surface area contributed by atoms with Gasteiger partial charge in [0.1, 0.15) is 11.0 Å². The van der Waals surface area contributed by atoms with Crippen LogP contribution >= 0.6 is 11.6 Å². The molecule has 0 radical (unpaired) electrons. The van der Waals surface area contributed by atoms with Gasteiger partial charge in [0.2, 0.25) is 0 Å². The summed E-state index contributed by atoms with van der Waals surface area (Å²) >= 11 is 5.80. The number of benzene rings is 1. The van der Waals surface area contributed by atoms with Crippen LogP contribution < -0.4 is 5.32 Å². The number of aromatic nitrogens is 1. The maximum atomic E-state index is 8.82. The number of pyridine rings is 1. The van der Waals surface area contributed by atoms with E-state index in [9.17, 15) is 0 Å². The monoisotopic (exact) mass is 254 g/mol. The van der Waals surface area contributed by atoms with E-state index in [1.54, 1.807) is 30.3 Å². The second-order valence-electron chi connectivity index (χ2n) is 3.49. The van der Waals surface area contributed by atoms with Crippen LogP contribution in [0.4, 0.5) is 11.5 Å². The average molecular weight is 255 g/mol. The molecular weight excluding hydrogens is 248 g/mol. The molecule has 0 aliphatic rings. The fourth-order valence-electron chi connectivity index (χ4n) is 1.40. The first-order valence-corrected chi connectivity index (χ1v) is 5.44. The van der Waals surface area contributed by atoms with Gasteiger partial charge in [0.05, 0.1) is 23.3 Å². The van der Waals surface area contributed by atoms with Gasteiger partial charge in [0.25, 0.3) is 0 Å². The van der Waals surface area contributed by atoms with E-state index in [1.165, 1.54) is 6.07 Å². The lowest BCUT2D eigenvalue weighted by Crippen LogP contribution is -1.94. The SMILES string of the molecule is N#Cc1ccc(Nc2cc(C#N)cc(Cl)n2)cc1. The lowest BCUT2D eigenvalue weighted by molar-refractivity contribution is 1.29. The molecule has 1 heterocycles. The first-order valence-electron chi connectivity index (χ1n) is 5.06. The summed E-state index contributed by atoms with van der Waals surface area (Å²) in [5.41, 5.74) is 1.79. The third-order valence-corrected chi connectivity index (χ3v) is 2.40. The highest BCUT2D eigenvalue weighted by molar-refractivity contribution is 6.29. The Morgan fingerprint density at radius 2 is 1.67 bits per heavy atom. The first-order chi connectivity index (χ1) is 8.71. The molecule has 0 bridgehead atoms. The summed E-state index contributed by atoms with van der Waals surface area (Å²) in [5.74, 6) is 0.490. The van der Waals surface area contributed by atoms with E-state index in [0.29, 0.717) is 16.9 Å². The van der Waals surface area contributed by atoms with Crippen LogP contribution in [0.15, 0.2) is 36.4 Å². The topological polar surface area (TPSA) is 72.5 Å². The third-order valence-electron chi connectivity index (χ3n) is 2.21. The molecule has 18 heavy (non-hydrogen) atoms. The van der Waals surface area contributed by atoms with Crippen molar-refractivity contribution in [1.82, 2.24) is 4.98 Å². The van der Waals surface area contributed by atoms with Crippen LogP contribution in [-0.4, -0.2) is 4.98 Å². The normalized spacial score (nSPS) is 9.28. The summed E-state index contributed by atoms with van der Waals surface area (Å²) in [4.78, 5) is 4.06. The van der Waals surface area contributed by atoms with Crippen molar-refractivity contribution in [3.63, 3.8) is 0 Å². The zero-order chi connectivity index (χ0) is 13.0. The van der Waals surface area contributed by atoms with Gasteiger partial charge in [-0.1, -0.05) is 11.6 Å². The van der Waals surface area contributed by atoms with Crippen LogP contribution in [-0.2, 0) is 0 Å². The standard InChI is InChI=1S/C13H7ClN4/c14-12-5-10(8-16)6-13(18-12)17-11-3-1-9(7-15)2-4-11/h1-6H,(H,17,18). The molecule has 0 amide bonds. The van der Waals surface area contributed by atoms with Gasteiger partial charge in [0.15, 0.2) is 0 Å². The van der Waals surface area contributed by atoms with E-state index in [0.717, 1.165) is 5.69 Å². The Labute approximate surface area is 109 Å². The van der Waals surface area contributed by atoms with Gasteiger partial charge in [-0.2, -0.15) is 10.5 Å². The summed E-state index contributed by atoms with van der Waals surface area (Å²) < 4.78 is 0. The number of hydrogen-bond acceptors (Lipinski definition) is 4. The number of halogens is 1. The Hall–Kier alpha value is -2.56. The quantitative estimate of drug-likeness (QED) is 0.835. The van der Waals surface area contributed by atoms with Crippen LogP contribution in [0.5, 0.6) is 0 Å². The molecule has 4 nitrogen and oxygen atoms in total. The van der Waals surface area contributed by atoms with Crippen molar-refractivity contribution in [2.45, 2.75) is 0 Å². The summed E-state index contributed by atoms with van der Waals surface area (Å²) in [6.45, 7) is 0. The highest BCUT2D eigenvalue weighted by Gasteiger charge is 2.01. The molecule has 86 valence electrons. The zero-order valence-electron chi connectivity index (χ0n) is 9.18. The maximum absolute atomic E-state index is 8.82. The van der Waals surface area contributed by atoms with Crippen molar-refractivity contribution >= 4 is 23.1 Å². The van der Waals surface area contributed by atoms with Gasteiger partial charge in [-0.3, -0.25) is 0 Å².